The Kier molecular flexibility index (Phi) is 7.43. The molecule has 1 N–H and O–H groups in total. The summed E-state index contributed by atoms with van der Waals surface area (Å²) in [6.07, 6.45) is -4.93. The maximum absolute atomic E-state index is 13.4. The topological polar surface area (TPSA) is 75.7 Å². The molecule has 2 aromatic carbocycles. The highest BCUT2D eigenvalue weighted by molar-refractivity contribution is 7.89. The third-order valence-electron chi connectivity index (χ3n) is 4.00. The van der Waals surface area contributed by atoms with Crippen LogP contribution in [0.4, 0.5) is 23.2 Å². The van der Waals surface area contributed by atoms with Crippen molar-refractivity contribution in [3.05, 3.63) is 53.8 Å². The first-order chi connectivity index (χ1) is 14.0. The number of likely N-dealkylation sites (N-methyl/N-ethyl adjacent to an activating group) is 1. The maximum Gasteiger partial charge on any atom is 0.419 e. The van der Waals surface area contributed by atoms with Crippen LogP contribution in [0.5, 0.6) is 5.75 Å². The first kappa shape index (κ1) is 23.6. The summed E-state index contributed by atoms with van der Waals surface area (Å²) in [5.74, 6) is -1.87. The first-order valence-electron chi connectivity index (χ1n) is 8.88. The van der Waals surface area contributed by atoms with Gasteiger partial charge >= 0.3 is 6.18 Å². The molecule has 2 aromatic rings. The van der Waals surface area contributed by atoms with Gasteiger partial charge in [0.15, 0.2) is 0 Å². The van der Waals surface area contributed by atoms with Gasteiger partial charge in [-0.05, 0) is 49.4 Å². The lowest BCUT2D eigenvalue weighted by atomic mass is 10.2. The number of carbonyl (C=O) groups excluding carboxylic acids is 1. The maximum atomic E-state index is 13.4. The van der Waals surface area contributed by atoms with Crippen molar-refractivity contribution in [2.24, 2.45) is 0 Å². The summed E-state index contributed by atoms with van der Waals surface area (Å²) in [4.78, 5) is 12.2. The van der Waals surface area contributed by atoms with Crippen LogP contribution in [0.3, 0.4) is 0 Å². The van der Waals surface area contributed by atoms with Crippen molar-refractivity contribution < 1.29 is 35.5 Å². The monoisotopic (exact) mass is 448 g/mol. The molecule has 164 valence electrons. The molecular formula is C19H20F4N2O4S. The number of nitrogens with one attached hydrogen (secondary N) is 1. The Morgan fingerprint density at radius 2 is 1.73 bits per heavy atom. The van der Waals surface area contributed by atoms with Crippen LogP contribution in [-0.4, -0.2) is 38.3 Å². The number of amides is 1. The molecule has 1 amide bonds. The van der Waals surface area contributed by atoms with Gasteiger partial charge in [-0.1, -0.05) is 6.92 Å². The molecule has 6 nitrogen and oxygen atoms in total. The van der Waals surface area contributed by atoms with E-state index in [1.807, 2.05) is 0 Å². The molecule has 0 spiro atoms. The molecule has 30 heavy (non-hydrogen) atoms. The van der Waals surface area contributed by atoms with E-state index in [0.717, 1.165) is 10.4 Å². The minimum absolute atomic E-state index is 0.0554. The zero-order valence-electron chi connectivity index (χ0n) is 16.2. The van der Waals surface area contributed by atoms with Gasteiger partial charge < -0.3 is 10.1 Å². The van der Waals surface area contributed by atoms with Crippen LogP contribution in [0, 0.1) is 5.82 Å². The fourth-order valence-corrected chi connectivity index (χ4v) is 3.98. The van der Waals surface area contributed by atoms with E-state index in [0.29, 0.717) is 24.5 Å². The third kappa shape index (κ3) is 5.70. The molecule has 0 heterocycles. The molecule has 0 fully saturated rings. The Morgan fingerprint density at radius 1 is 1.10 bits per heavy atom. The van der Waals surface area contributed by atoms with Crippen molar-refractivity contribution >= 4 is 21.6 Å². The van der Waals surface area contributed by atoms with Gasteiger partial charge in [-0.3, -0.25) is 4.79 Å². The van der Waals surface area contributed by atoms with Crippen LogP contribution in [0.2, 0.25) is 0 Å². The number of rotatable bonds is 8. The zero-order chi connectivity index (χ0) is 22.5. The molecule has 0 unspecified atom stereocenters. The van der Waals surface area contributed by atoms with E-state index < -0.39 is 40.0 Å². The molecule has 0 bridgehead atoms. The van der Waals surface area contributed by atoms with Gasteiger partial charge in [0.05, 0.1) is 23.6 Å². The Labute approximate surface area is 171 Å². The summed E-state index contributed by atoms with van der Waals surface area (Å²) < 4.78 is 83.4. The van der Waals surface area contributed by atoms with Crippen molar-refractivity contribution in [2.45, 2.75) is 24.9 Å². The number of hydrogen-bond donors (Lipinski definition) is 1. The highest BCUT2D eigenvalue weighted by atomic mass is 32.2. The molecule has 0 aromatic heterocycles. The predicted molar refractivity (Wildman–Crippen MR) is 102 cm³/mol. The Balaban J connectivity index is 2.16. The smallest absolute Gasteiger partial charge is 0.419 e. The molecule has 0 saturated carbocycles. The second-order valence-corrected chi connectivity index (χ2v) is 8.01. The lowest BCUT2D eigenvalue weighted by Crippen LogP contribution is -2.37. The fourth-order valence-electron chi connectivity index (χ4n) is 2.57. The lowest BCUT2D eigenvalue weighted by molar-refractivity contribution is -0.140. The second kappa shape index (κ2) is 9.43. The van der Waals surface area contributed by atoms with Gasteiger partial charge in [0.2, 0.25) is 15.9 Å². The summed E-state index contributed by atoms with van der Waals surface area (Å²) in [6.45, 7) is 3.01. The van der Waals surface area contributed by atoms with Crippen LogP contribution in [0.25, 0.3) is 0 Å². The quantitative estimate of drug-likeness (QED) is 0.622. The van der Waals surface area contributed by atoms with Crippen LogP contribution in [0.1, 0.15) is 19.4 Å². The lowest BCUT2D eigenvalue weighted by Gasteiger charge is -2.20. The number of benzene rings is 2. The highest BCUT2D eigenvalue weighted by Gasteiger charge is 2.34. The molecule has 0 atom stereocenters. The highest BCUT2D eigenvalue weighted by Crippen LogP contribution is 2.33. The van der Waals surface area contributed by atoms with E-state index in [1.165, 1.54) is 31.2 Å². The van der Waals surface area contributed by atoms with E-state index in [4.69, 9.17) is 4.74 Å². The van der Waals surface area contributed by atoms with Gasteiger partial charge in [-0.15, -0.1) is 0 Å². The van der Waals surface area contributed by atoms with Crippen LogP contribution in [-0.2, 0) is 21.0 Å². The number of anilines is 1. The van der Waals surface area contributed by atoms with E-state index in [9.17, 15) is 30.8 Å². The summed E-state index contributed by atoms with van der Waals surface area (Å²) in [5.41, 5.74) is -1.84. The zero-order valence-corrected chi connectivity index (χ0v) is 17.0. The average Bonchev–Trinajstić information content (AvgIpc) is 2.67. The normalized spacial score (nSPS) is 12.1. The molecular weight excluding hydrogens is 428 g/mol. The average molecular weight is 448 g/mol. The van der Waals surface area contributed by atoms with E-state index in [2.05, 4.69) is 5.32 Å². The Bertz CT molecular complexity index is 993. The SMILES string of the molecule is CCOc1ccc(S(=O)(=O)N(CC)CC(=O)Nc2ccc(F)c(C(F)(F)F)c2)cc1. The molecule has 0 saturated heterocycles. The van der Waals surface area contributed by atoms with Crippen molar-refractivity contribution in [1.82, 2.24) is 4.31 Å². The van der Waals surface area contributed by atoms with Crippen molar-refractivity contribution in [3.8, 4) is 5.75 Å². The third-order valence-corrected chi connectivity index (χ3v) is 5.94. The fraction of sp³-hybridized carbons (Fsp3) is 0.316. The Hall–Kier alpha value is -2.66. The number of hydrogen-bond acceptors (Lipinski definition) is 4. The summed E-state index contributed by atoms with van der Waals surface area (Å²) in [7, 11) is -4.03. The number of alkyl halides is 3. The van der Waals surface area contributed by atoms with Crippen LogP contribution in [0.15, 0.2) is 47.4 Å². The molecule has 11 heteroatoms. The number of carbonyl (C=O) groups is 1. The molecule has 0 aliphatic rings. The van der Waals surface area contributed by atoms with Crippen LogP contribution < -0.4 is 10.1 Å². The molecule has 0 aliphatic heterocycles. The number of halogens is 4. The largest absolute Gasteiger partial charge is 0.494 e. The number of nitrogens with zero attached hydrogens (tertiary/aromatic N) is 1. The minimum atomic E-state index is -4.93. The van der Waals surface area contributed by atoms with E-state index in [-0.39, 0.29) is 17.1 Å². The van der Waals surface area contributed by atoms with Gasteiger partial charge in [-0.2, -0.15) is 17.5 Å². The minimum Gasteiger partial charge on any atom is -0.494 e. The van der Waals surface area contributed by atoms with Gasteiger partial charge in [-0.25, -0.2) is 12.8 Å². The first-order valence-corrected chi connectivity index (χ1v) is 10.3. The van der Waals surface area contributed by atoms with Crippen molar-refractivity contribution in [2.75, 3.05) is 25.0 Å². The molecule has 0 radical (unpaired) electrons. The summed E-state index contributed by atoms with van der Waals surface area (Å²) in [6, 6.07) is 7.59. The van der Waals surface area contributed by atoms with Crippen molar-refractivity contribution in [1.29, 1.82) is 0 Å². The van der Waals surface area contributed by atoms with Crippen LogP contribution >= 0.6 is 0 Å². The van der Waals surface area contributed by atoms with E-state index in [1.54, 1.807) is 6.92 Å². The molecule has 0 aliphatic carbocycles. The number of ether oxygens (including phenoxy) is 1. The van der Waals surface area contributed by atoms with E-state index >= 15 is 0 Å². The Morgan fingerprint density at radius 3 is 2.27 bits per heavy atom. The van der Waals surface area contributed by atoms with Gasteiger partial charge in [0, 0.05) is 12.2 Å². The molecule has 2 rings (SSSR count). The summed E-state index contributed by atoms with van der Waals surface area (Å²) in [5, 5.41) is 2.16. The van der Waals surface area contributed by atoms with Gasteiger partial charge in [0.1, 0.15) is 11.6 Å². The standard InChI is InChI=1S/C19H20F4N2O4S/c1-3-25(30(27,28)15-8-6-14(7-9-15)29-4-2)12-18(26)24-13-5-10-17(20)16(11-13)19(21,22)23/h5-11H,3-4,12H2,1-2H3,(H,24,26). The predicted octanol–water partition coefficient (Wildman–Crippen LogP) is 3.89. The van der Waals surface area contributed by atoms with Crippen molar-refractivity contribution in [3.63, 3.8) is 0 Å². The second-order valence-electron chi connectivity index (χ2n) is 6.08. The van der Waals surface area contributed by atoms with Gasteiger partial charge in [0.25, 0.3) is 0 Å². The summed E-state index contributed by atoms with van der Waals surface area (Å²) >= 11 is 0. The number of sulfonamides is 1.